The van der Waals surface area contributed by atoms with Crippen molar-refractivity contribution in [3.63, 3.8) is 0 Å². The van der Waals surface area contributed by atoms with Crippen LogP contribution in [0.15, 0.2) is 0 Å². The summed E-state index contributed by atoms with van der Waals surface area (Å²) in [6, 6.07) is 0.225. The number of carbonyl (C=O) groups excluding carboxylic acids is 2. The topological polar surface area (TPSA) is 37.4 Å². The zero-order chi connectivity index (χ0) is 14.1. The predicted octanol–water partition coefficient (Wildman–Crippen LogP) is 3.17. The minimum absolute atomic E-state index is 0.145. The molecular formula is C17H27NO2. The van der Waals surface area contributed by atoms with Crippen molar-refractivity contribution in [3.05, 3.63) is 0 Å². The maximum absolute atomic E-state index is 12.8. The van der Waals surface area contributed by atoms with Gasteiger partial charge in [-0.05, 0) is 44.4 Å². The van der Waals surface area contributed by atoms with E-state index in [1.54, 1.807) is 0 Å². The largest absolute Gasteiger partial charge is 0.339 e. The number of amides is 1. The number of hydrogen-bond acceptors (Lipinski definition) is 2. The van der Waals surface area contributed by atoms with E-state index < -0.39 is 0 Å². The van der Waals surface area contributed by atoms with Gasteiger partial charge < -0.3 is 4.90 Å². The first-order valence-corrected chi connectivity index (χ1v) is 8.51. The molecule has 1 heterocycles. The highest BCUT2D eigenvalue weighted by atomic mass is 16.2. The van der Waals surface area contributed by atoms with Crippen LogP contribution in [0.1, 0.15) is 64.7 Å². The van der Waals surface area contributed by atoms with Crippen molar-refractivity contribution in [1.29, 1.82) is 0 Å². The number of rotatable bonds is 2. The standard InChI is InChI=1S/C17H27NO2/c1-12-6-4-8-13(12)17(20)18-11-5-9-15(18)14-7-2-3-10-16(14)19/h12-15H,2-11H2,1H3. The SMILES string of the molecule is CC1CCCC1C(=O)N1CCCC1C1CCCCC1=O. The van der Waals surface area contributed by atoms with E-state index in [0.717, 1.165) is 51.5 Å². The summed E-state index contributed by atoms with van der Waals surface area (Å²) < 4.78 is 0. The molecule has 3 fully saturated rings. The molecule has 1 aliphatic heterocycles. The summed E-state index contributed by atoms with van der Waals surface area (Å²) in [6.07, 6.45) is 9.53. The van der Waals surface area contributed by atoms with Crippen molar-refractivity contribution < 1.29 is 9.59 Å². The summed E-state index contributed by atoms with van der Waals surface area (Å²) in [4.78, 5) is 27.1. The number of ketones is 1. The van der Waals surface area contributed by atoms with Crippen molar-refractivity contribution in [2.24, 2.45) is 17.8 Å². The molecule has 1 saturated heterocycles. The van der Waals surface area contributed by atoms with Gasteiger partial charge in [-0.25, -0.2) is 0 Å². The molecule has 2 saturated carbocycles. The van der Waals surface area contributed by atoms with Crippen LogP contribution in [0.2, 0.25) is 0 Å². The first kappa shape index (κ1) is 14.1. The Morgan fingerprint density at radius 3 is 2.60 bits per heavy atom. The lowest BCUT2D eigenvalue weighted by Crippen LogP contribution is -2.46. The summed E-state index contributed by atoms with van der Waals surface area (Å²) in [5, 5.41) is 0. The maximum Gasteiger partial charge on any atom is 0.226 e. The molecule has 20 heavy (non-hydrogen) atoms. The highest BCUT2D eigenvalue weighted by Gasteiger charge is 2.42. The molecule has 0 aromatic rings. The lowest BCUT2D eigenvalue weighted by Gasteiger charge is -2.35. The van der Waals surface area contributed by atoms with E-state index in [-0.39, 0.29) is 17.9 Å². The fourth-order valence-electron chi connectivity index (χ4n) is 4.63. The Kier molecular flexibility index (Phi) is 4.13. The summed E-state index contributed by atoms with van der Waals surface area (Å²) in [5.74, 6) is 1.68. The molecule has 0 bridgehead atoms. The molecule has 0 aromatic heterocycles. The maximum atomic E-state index is 12.8. The zero-order valence-corrected chi connectivity index (χ0v) is 12.6. The lowest BCUT2D eigenvalue weighted by molar-refractivity contribution is -0.140. The summed E-state index contributed by atoms with van der Waals surface area (Å²) in [6.45, 7) is 3.10. The quantitative estimate of drug-likeness (QED) is 0.777. The molecule has 4 atom stereocenters. The zero-order valence-electron chi connectivity index (χ0n) is 12.6. The second-order valence-corrected chi connectivity index (χ2v) is 7.07. The van der Waals surface area contributed by atoms with Crippen LogP contribution in [0.3, 0.4) is 0 Å². The van der Waals surface area contributed by atoms with E-state index >= 15 is 0 Å². The first-order valence-electron chi connectivity index (χ1n) is 8.51. The van der Waals surface area contributed by atoms with E-state index in [1.807, 2.05) is 0 Å². The van der Waals surface area contributed by atoms with Gasteiger partial charge in [-0.2, -0.15) is 0 Å². The fraction of sp³-hybridized carbons (Fsp3) is 0.882. The third-order valence-corrected chi connectivity index (χ3v) is 5.83. The molecule has 0 spiro atoms. The number of hydrogen-bond donors (Lipinski definition) is 0. The summed E-state index contributed by atoms with van der Waals surface area (Å²) in [7, 11) is 0. The number of carbonyl (C=O) groups is 2. The molecule has 0 N–H and O–H groups in total. The summed E-state index contributed by atoms with van der Waals surface area (Å²) in [5.41, 5.74) is 0. The van der Waals surface area contributed by atoms with Gasteiger partial charge >= 0.3 is 0 Å². The molecule has 0 radical (unpaired) electrons. The third kappa shape index (κ3) is 2.51. The van der Waals surface area contributed by atoms with E-state index in [2.05, 4.69) is 11.8 Å². The van der Waals surface area contributed by atoms with Crippen LogP contribution >= 0.6 is 0 Å². The lowest BCUT2D eigenvalue weighted by atomic mass is 9.81. The molecular weight excluding hydrogens is 250 g/mol. The van der Waals surface area contributed by atoms with Gasteiger partial charge in [-0.3, -0.25) is 9.59 Å². The van der Waals surface area contributed by atoms with Gasteiger partial charge in [0.2, 0.25) is 5.91 Å². The second kappa shape index (κ2) is 5.87. The molecule has 4 unspecified atom stereocenters. The van der Waals surface area contributed by atoms with Crippen LogP contribution in [0.5, 0.6) is 0 Å². The second-order valence-electron chi connectivity index (χ2n) is 7.07. The van der Waals surface area contributed by atoms with Gasteiger partial charge in [0.25, 0.3) is 0 Å². The number of Topliss-reactive ketones (excluding diaryl/α,β-unsaturated/α-hetero) is 1. The molecule has 3 aliphatic rings. The van der Waals surface area contributed by atoms with Crippen LogP contribution in [-0.2, 0) is 9.59 Å². The van der Waals surface area contributed by atoms with E-state index in [9.17, 15) is 9.59 Å². The van der Waals surface area contributed by atoms with E-state index in [4.69, 9.17) is 0 Å². The van der Waals surface area contributed by atoms with Gasteiger partial charge in [-0.1, -0.05) is 19.8 Å². The molecule has 3 nitrogen and oxygen atoms in total. The summed E-state index contributed by atoms with van der Waals surface area (Å²) >= 11 is 0. The third-order valence-electron chi connectivity index (χ3n) is 5.83. The van der Waals surface area contributed by atoms with Crippen molar-refractivity contribution >= 4 is 11.7 Å². The average molecular weight is 277 g/mol. The average Bonchev–Trinajstić information content (AvgIpc) is 3.07. The van der Waals surface area contributed by atoms with Crippen molar-refractivity contribution in [2.75, 3.05) is 6.54 Å². The van der Waals surface area contributed by atoms with Crippen molar-refractivity contribution in [1.82, 2.24) is 4.90 Å². The van der Waals surface area contributed by atoms with Gasteiger partial charge in [-0.15, -0.1) is 0 Å². The van der Waals surface area contributed by atoms with Gasteiger partial charge in [0.1, 0.15) is 5.78 Å². The monoisotopic (exact) mass is 277 g/mol. The normalized spacial score (nSPS) is 38.5. The first-order chi connectivity index (χ1) is 9.68. The van der Waals surface area contributed by atoms with Crippen LogP contribution in [-0.4, -0.2) is 29.2 Å². The highest BCUT2D eigenvalue weighted by molar-refractivity contribution is 5.85. The molecule has 3 rings (SSSR count). The number of likely N-dealkylation sites (tertiary alicyclic amines) is 1. The molecule has 112 valence electrons. The Morgan fingerprint density at radius 2 is 1.90 bits per heavy atom. The highest BCUT2D eigenvalue weighted by Crippen LogP contribution is 2.37. The van der Waals surface area contributed by atoms with Crippen LogP contribution in [0.25, 0.3) is 0 Å². The Morgan fingerprint density at radius 1 is 1.05 bits per heavy atom. The fourth-order valence-corrected chi connectivity index (χ4v) is 4.63. The smallest absolute Gasteiger partial charge is 0.226 e. The van der Waals surface area contributed by atoms with Gasteiger partial charge in [0.05, 0.1) is 0 Å². The molecule has 2 aliphatic carbocycles. The van der Waals surface area contributed by atoms with E-state index in [1.165, 1.54) is 12.8 Å². The van der Waals surface area contributed by atoms with Crippen LogP contribution in [0.4, 0.5) is 0 Å². The predicted molar refractivity (Wildman–Crippen MR) is 78.2 cm³/mol. The van der Waals surface area contributed by atoms with Crippen molar-refractivity contribution in [3.8, 4) is 0 Å². The van der Waals surface area contributed by atoms with Crippen LogP contribution < -0.4 is 0 Å². The molecule has 1 amide bonds. The van der Waals surface area contributed by atoms with Gasteiger partial charge in [0, 0.05) is 30.8 Å². The van der Waals surface area contributed by atoms with E-state index in [0.29, 0.717) is 17.6 Å². The Hall–Kier alpha value is -0.860. The molecule has 0 aromatic carbocycles. The van der Waals surface area contributed by atoms with Crippen LogP contribution in [0, 0.1) is 17.8 Å². The Labute approximate surface area is 122 Å². The Balaban J connectivity index is 1.71. The minimum atomic E-state index is 0.145. The number of nitrogens with zero attached hydrogens (tertiary/aromatic N) is 1. The van der Waals surface area contributed by atoms with Gasteiger partial charge in [0.15, 0.2) is 0 Å². The van der Waals surface area contributed by atoms with Crippen molar-refractivity contribution in [2.45, 2.75) is 70.8 Å². The Bertz CT molecular complexity index is 392. The molecule has 3 heteroatoms. The minimum Gasteiger partial charge on any atom is -0.339 e.